The Morgan fingerprint density at radius 2 is 1.90 bits per heavy atom. The van der Waals surface area contributed by atoms with Gasteiger partial charge in [-0.05, 0) is 30.5 Å². The molecule has 2 aromatic heterocycles. The molecule has 0 radical (unpaired) electrons. The Kier molecular flexibility index (Phi) is 5.09. The van der Waals surface area contributed by atoms with Crippen LogP contribution in [-0.2, 0) is 0 Å². The molecule has 152 valence electrons. The molecule has 0 spiro atoms. The van der Waals surface area contributed by atoms with E-state index in [2.05, 4.69) is 14.8 Å². The Hall–Kier alpha value is -2.25. The highest BCUT2D eigenvalue weighted by atomic mass is 32.1. The van der Waals surface area contributed by atoms with Crippen molar-refractivity contribution in [3.63, 3.8) is 0 Å². The van der Waals surface area contributed by atoms with Crippen LogP contribution in [0.25, 0.3) is 21.3 Å². The molecule has 3 aromatic rings. The Morgan fingerprint density at radius 1 is 1.10 bits per heavy atom. The fraction of sp³-hybridized carbons (Fsp3) is 0.455. The number of halogens is 1. The number of benzene rings is 1. The zero-order valence-corrected chi connectivity index (χ0v) is 17.2. The van der Waals surface area contributed by atoms with Gasteiger partial charge in [0.1, 0.15) is 10.5 Å². The van der Waals surface area contributed by atoms with Gasteiger partial charge in [0.25, 0.3) is 5.56 Å². The third-order valence-corrected chi connectivity index (χ3v) is 7.22. The summed E-state index contributed by atoms with van der Waals surface area (Å²) in [4.78, 5) is 25.2. The van der Waals surface area contributed by atoms with Gasteiger partial charge >= 0.3 is 0 Å². The van der Waals surface area contributed by atoms with E-state index in [0.29, 0.717) is 16.2 Å². The van der Waals surface area contributed by atoms with E-state index in [1.165, 1.54) is 55.6 Å². The van der Waals surface area contributed by atoms with Gasteiger partial charge in [-0.1, -0.05) is 31.4 Å². The number of rotatable bonds is 3. The topological polar surface area (TPSA) is 52.2 Å². The van der Waals surface area contributed by atoms with Gasteiger partial charge in [0.15, 0.2) is 0 Å². The molecular weight excluding hydrogens is 387 g/mol. The number of hydrogen-bond acceptors (Lipinski definition) is 5. The molecule has 1 aliphatic heterocycles. The van der Waals surface area contributed by atoms with Crippen LogP contribution in [0.3, 0.4) is 0 Å². The molecule has 0 atom stereocenters. The quantitative estimate of drug-likeness (QED) is 0.699. The molecule has 29 heavy (non-hydrogen) atoms. The van der Waals surface area contributed by atoms with Crippen LogP contribution in [0, 0.1) is 5.82 Å². The Morgan fingerprint density at radius 3 is 2.66 bits per heavy atom. The summed E-state index contributed by atoms with van der Waals surface area (Å²) in [6.45, 7) is 3.74. The smallest absolute Gasteiger partial charge is 0.270 e. The first-order valence-electron chi connectivity index (χ1n) is 10.5. The molecule has 7 heteroatoms. The number of hydrogen-bond donors (Lipinski definition) is 1. The normalized spacial score (nSPS) is 19.1. The number of thiophene rings is 1. The number of anilines is 1. The van der Waals surface area contributed by atoms with E-state index in [1.807, 2.05) is 11.4 Å². The Bertz CT molecular complexity index is 1060. The maximum atomic E-state index is 13.7. The number of nitrogens with one attached hydrogen (secondary N) is 1. The van der Waals surface area contributed by atoms with Crippen molar-refractivity contribution in [3.8, 4) is 11.1 Å². The summed E-state index contributed by atoms with van der Waals surface area (Å²) in [6.07, 6.45) is 6.69. The molecule has 0 amide bonds. The molecule has 1 saturated carbocycles. The predicted molar refractivity (Wildman–Crippen MR) is 116 cm³/mol. The molecule has 0 bridgehead atoms. The van der Waals surface area contributed by atoms with Crippen LogP contribution in [0.2, 0.25) is 0 Å². The second-order valence-electron chi connectivity index (χ2n) is 8.04. The van der Waals surface area contributed by atoms with Crippen LogP contribution in [0.4, 0.5) is 10.3 Å². The molecule has 0 unspecified atom stereocenters. The van der Waals surface area contributed by atoms with Gasteiger partial charge in [-0.2, -0.15) is 0 Å². The van der Waals surface area contributed by atoms with E-state index < -0.39 is 0 Å². The highest BCUT2D eigenvalue weighted by Crippen LogP contribution is 2.32. The number of aromatic amines is 1. The molecule has 5 nitrogen and oxygen atoms in total. The highest BCUT2D eigenvalue weighted by molar-refractivity contribution is 7.17. The van der Waals surface area contributed by atoms with Crippen LogP contribution in [0.5, 0.6) is 0 Å². The molecule has 1 aromatic carbocycles. The summed E-state index contributed by atoms with van der Waals surface area (Å²) in [6, 6.07) is 7.18. The summed E-state index contributed by atoms with van der Waals surface area (Å²) in [5, 5.41) is 1.90. The van der Waals surface area contributed by atoms with Crippen LogP contribution < -0.4 is 10.5 Å². The van der Waals surface area contributed by atoms with Crippen molar-refractivity contribution >= 4 is 27.5 Å². The van der Waals surface area contributed by atoms with Crippen molar-refractivity contribution in [1.29, 1.82) is 0 Å². The summed E-state index contributed by atoms with van der Waals surface area (Å²) in [5.74, 6) is 0.340. The SMILES string of the molecule is O=c1[nH]c(N2CCN(C3CCCCC3)CC2)nc2c(-c3cccc(F)c3)csc12. The van der Waals surface area contributed by atoms with E-state index >= 15 is 0 Å². The molecular formula is C22H25FN4OS. The minimum absolute atomic E-state index is 0.118. The van der Waals surface area contributed by atoms with Crippen molar-refractivity contribution in [3.05, 3.63) is 45.8 Å². The van der Waals surface area contributed by atoms with Crippen LogP contribution in [0.15, 0.2) is 34.4 Å². The van der Waals surface area contributed by atoms with E-state index in [-0.39, 0.29) is 11.4 Å². The van der Waals surface area contributed by atoms with Crippen molar-refractivity contribution in [2.24, 2.45) is 0 Å². The lowest BCUT2D eigenvalue weighted by atomic mass is 9.94. The van der Waals surface area contributed by atoms with Crippen LogP contribution >= 0.6 is 11.3 Å². The van der Waals surface area contributed by atoms with E-state index in [0.717, 1.165) is 43.3 Å². The molecule has 2 fully saturated rings. The van der Waals surface area contributed by atoms with Crippen molar-refractivity contribution < 1.29 is 4.39 Å². The first-order chi connectivity index (χ1) is 14.2. The van der Waals surface area contributed by atoms with Gasteiger partial charge in [-0.3, -0.25) is 14.7 Å². The first kappa shape index (κ1) is 18.8. The number of fused-ring (bicyclic) bond motifs is 1. The maximum Gasteiger partial charge on any atom is 0.270 e. The number of aromatic nitrogens is 2. The second kappa shape index (κ2) is 7.88. The molecule has 1 N–H and O–H groups in total. The van der Waals surface area contributed by atoms with Gasteiger partial charge in [0.2, 0.25) is 5.95 Å². The zero-order chi connectivity index (χ0) is 19.8. The third-order valence-electron chi connectivity index (χ3n) is 6.25. The maximum absolute atomic E-state index is 13.7. The van der Waals surface area contributed by atoms with Gasteiger partial charge in [0.05, 0.1) is 5.52 Å². The fourth-order valence-electron chi connectivity index (χ4n) is 4.67. The molecule has 2 aliphatic rings. The largest absolute Gasteiger partial charge is 0.340 e. The van der Waals surface area contributed by atoms with Crippen molar-refractivity contribution in [2.75, 3.05) is 31.1 Å². The summed E-state index contributed by atoms with van der Waals surface area (Å²) in [5.41, 5.74) is 2.11. The van der Waals surface area contributed by atoms with Gasteiger partial charge in [-0.15, -0.1) is 11.3 Å². The Balaban J connectivity index is 1.41. The lowest BCUT2D eigenvalue weighted by Gasteiger charge is -2.40. The zero-order valence-electron chi connectivity index (χ0n) is 16.4. The van der Waals surface area contributed by atoms with E-state index in [4.69, 9.17) is 4.98 Å². The third kappa shape index (κ3) is 3.69. The van der Waals surface area contributed by atoms with Gasteiger partial charge in [-0.25, -0.2) is 9.37 Å². The average molecular weight is 413 g/mol. The summed E-state index contributed by atoms with van der Waals surface area (Å²) < 4.78 is 14.3. The van der Waals surface area contributed by atoms with Crippen LogP contribution in [-0.4, -0.2) is 47.1 Å². The molecule has 3 heterocycles. The number of nitrogens with zero attached hydrogens (tertiary/aromatic N) is 3. The summed E-state index contributed by atoms with van der Waals surface area (Å²) >= 11 is 1.36. The predicted octanol–water partition coefficient (Wildman–Crippen LogP) is 4.25. The minimum Gasteiger partial charge on any atom is -0.340 e. The van der Waals surface area contributed by atoms with Gasteiger partial charge < -0.3 is 4.90 Å². The monoisotopic (exact) mass is 412 g/mol. The van der Waals surface area contributed by atoms with Crippen LogP contribution in [0.1, 0.15) is 32.1 Å². The molecule has 5 rings (SSSR count). The number of H-pyrrole nitrogens is 1. The standard InChI is InChI=1S/C22H25FN4OS/c23-16-6-4-5-15(13-16)18-14-29-20-19(18)24-22(25-21(20)28)27-11-9-26(10-12-27)17-7-2-1-3-8-17/h4-6,13-14,17H,1-3,7-12H2,(H,24,25,28). The first-order valence-corrected chi connectivity index (χ1v) is 11.3. The van der Waals surface area contributed by atoms with Crippen molar-refractivity contribution in [2.45, 2.75) is 38.1 Å². The molecule has 1 aliphatic carbocycles. The average Bonchev–Trinajstić information content (AvgIpc) is 3.19. The summed E-state index contributed by atoms with van der Waals surface area (Å²) in [7, 11) is 0. The van der Waals surface area contributed by atoms with Gasteiger partial charge in [0, 0.05) is 43.2 Å². The Labute approximate surface area is 173 Å². The number of piperazine rings is 1. The molecule has 1 saturated heterocycles. The fourth-order valence-corrected chi connectivity index (χ4v) is 5.58. The lowest BCUT2D eigenvalue weighted by Crippen LogP contribution is -2.51. The van der Waals surface area contributed by atoms with Crippen molar-refractivity contribution in [1.82, 2.24) is 14.9 Å². The lowest BCUT2D eigenvalue weighted by molar-refractivity contribution is 0.147. The van der Waals surface area contributed by atoms with E-state index in [1.54, 1.807) is 6.07 Å². The minimum atomic E-state index is -0.286. The van der Waals surface area contributed by atoms with E-state index in [9.17, 15) is 9.18 Å². The second-order valence-corrected chi connectivity index (χ2v) is 8.92. The highest BCUT2D eigenvalue weighted by Gasteiger charge is 2.26.